The summed E-state index contributed by atoms with van der Waals surface area (Å²) in [6.45, 7) is 3.38. The second-order valence-electron chi connectivity index (χ2n) is 9.84. The normalized spacial score (nSPS) is 10.4. The van der Waals surface area contributed by atoms with E-state index < -0.39 is 15.7 Å². The maximum atomic E-state index is 14.0. The monoisotopic (exact) mass is 882 g/mol. The van der Waals surface area contributed by atoms with Crippen molar-refractivity contribution in [2.45, 2.75) is 13.8 Å². The summed E-state index contributed by atoms with van der Waals surface area (Å²) in [4.78, 5) is 29.5. The van der Waals surface area contributed by atoms with Crippen LogP contribution in [0.1, 0.15) is 11.1 Å². The Balaban J connectivity index is 0.000000178. The molecule has 2 heterocycles. The Morgan fingerprint density at radius 1 is 0.723 bits per heavy atom. The lowest BCUT2D eigenvalue weighted by molar-refractivity contribution is -0.383. The van der Waals surface area contributed by atoms with Crippen molar-refractivity contribution in [2.24, 2.45) is 0 Å². The molecule has 0 aliphatic rings. The zero-order valence-corrected chi connectivity index (χ0v) is 29.5. The highest BCUT2D eigenvalue weighted by Crippen LogP contribution is 2.34. The van der Waals surface area contributed by atoms with Crippen molar-refractivity contribution < 1.29 is 18.6 Å². The fourth-order valence-electron chi connectivity index (χ4n) is 4.46. The first kappa shape index (κ1) is 35.6. The van der Waals surface area contributed by atoms with Gasteiger partial charge in [0.15, 0.2) is 0 Å². The number of benzene rings is 4. The maximum absolute atomic E-state index is 14.0. The molecule has 0 aliphatic heterocycles. The molecule has 0 aliphatic carbocycles. The lowest BCUT2D eigenvalue weighted by Gasteiger charge is -2.10. The van der Waals surface area contributed by atoms with Crippen molar-refractivity contribution in [1.82, 2.24) is 9.97 Å². The van der Waals surface area contributed by atoms with Crippen molar-refractivity contribution in [3.8, 4) is 0 Å². The average molecular weight is 883 g/mol. The Morgan fingerprint density at radius 3 is 1.77 bits per heavy atom. The van der Waals surface area contributed by atoms with Gasteiger partial charge in [0.2, 0.25) is 0 Å². The molecule has 6 aromatic rings. The number of pyridine rings is 2. The molecule has 0 fully saturated rings. The van der Waals surface area contributed by atoms with Crippen LogP contribution in [0.15, 0.2) is 85.2 Å². The van der Waals surface area contributed by atoms with E-state index in [1.807, 2.05) is 45.2 Å². The Labute approximate surface area is 299 Å². The number of nitro groups is 2. The molecule has 240 valence electrons. The SMILES string of the molecule is Cc1ccc2c(Cl)nccc2c1[N+](=O)[O-].Cc1ccc2c(Nc3ccc(I)cc3F)nccc2c1[N+](=O)[O-].Nc1ccc(I)cc1F. The molecule has 4 aromatic carbocycles. The third kappa shape index (κ3) is 8.55. The zero-order chi connectivity index (χ0) is 34.4. The summed E-state index contributed by atoms with van der Waals surface area (Å²) in [5.74, 6) is -0.370. The number of fused-ring (bicyclic) bond motifs is 2. The molecule has 0 saturated carbocycles. The molecule has 0 bridgehead atoms. The van der Waals surface area contributed by atoms with Gasteiger partial charge in [0, 0.05) is 41.4 Å². The quantitative estimate of drug-likeness (QED) is 0.0584. The second kappa shape index (κ2) is 15.5. The number of aryl methyl sites for hydroxylation is 2. The Morgan fingerprint density at radius 2 is 1.23 bits per heavy atom. The van der Waals surface area contributed by atoms with E-state index in [1.165, 1.54) is 24.5 Å². The van der Waals surface area contributed by atoms with Gasteiger partial charge in [0.25, 0.3) is 11.4 Å². The molecule has 0 spiro atoms. The number of rotatable bonds is 4. The highest BCUT2D eigenvalue weighted by atomic mass is 127. The van der Waals surface area contributed by atoms with Crippen LogP contribution in [0.25, 0.3) is 21.5 Å². The van der Waals surface area contributed by atoms with E-state index in [2.05, 4.69) is 15.3 Å². The van der Waals surface area contributed by atoms with Crippen LogP contribution in [0.2, 0.25) is 5.15 Å². The average Bonchev–Trinajstić information content (AvgIpc) is 3.01. The number of hydrogen-bond donors (Lipinski definition) is 2. The van der Waals surface area contributed by atoms with Gasteiger partial charge in [0.05, 0.1) is 32.0 Å². The topological polar surface area (TPSA) is 150 Å². The minimum absolute atomic E-state index is 0.0380. The van der Waals surface area contributed by atoms with Gasteiger partial charge in [0.1, 0.15) is 22.6 Å². The molecular weight excluding hydrogens is 860 g/mol. The van der Waals surface area contributed by atoms with Gasteiger partial charge < -0.3 is 11.1 Å². The summed E-state index contributed by atoms with van der Waals surface area (Å²) >= 11 is 9.90. The molecule has 3 N–H and O–H groups in total. The third-order valence-electron chi connectivity index (χ3n) is 6.70. The van der Waals surface area contributed by atoms with Crippen LogP contribution in [0.4, 0.5) is 37.3 Å². The number of nitrogens with two attached hydrogens (primary N) is 1. The largest absolute Gasteiger partial charge is 0.396 e. The maximum Gasteiger partial charge on any atom is 0.280 e. The van der Waals surface area contributed by atoms with Crippen LogP contribution in [-0.2, 0) is 0 Å². The minimum Gasteiger partial charge on any atom is -0.396 e. The van der Waals surface area contributed by atoms with Gasteiger partial charge in [-0.2, -0.15) is 0 Å². The first-order chi connectivity index (χ1) is 22.3. The van der Waals surface area contributed by atoms with Crippen LogP contribution in [0.3, 0.4) is 0 Å². The lowest BCUT2D eigenvalue weighted by atomic mass is 10.1. The summed E-state index contributed by atoms with van der Waals surface area (Å²) in [5, 5.41) is 27.6. The molecule has 0 radical (unpaired) electrons. The summed E-state index contributed by atoms with van der Waals surface area (Å²) in [6.07, 6.45) is 2.94. The number of anilines is 3. The molecule has 10 nitrogen and oxygen atoms in total. The van der Waals surface area contributed by atoms with Gasteiger partial charge in [-0.3, -0.25) is 20.2 Å². The summed E-state index contributed by atoms with van der Waals surface area (Å²) in [7, 11) is 0. The second-order valence-corrected chi connectivity index (χ2v) is 12.7. The molecule has 0 amide bonds. The van der Waals surface area contributed by atoms with E-state index in [-0.39, 0.29) is 33.7 Å². The number of aromatic nitrogens is 2. The van der Waals surface area contributed by atoms with Crippen LogP contribution in [0, 0.1) is 52.9 Å². The van der Waals surface area contributed by atoms with Crippen molar-refractivity contribution in [2.75, 3.05) is 11.1 Å². The minimum atomic E-state index is -0.410. The van der Waals surface area contributed by atoms with Gasteiger partial charge in [-0.15, -0.1) is 0 Å². The predicted molar refractivity (Wildman–Crippen MR) is 197 cm³/mol. The molecule has 15 heteroatoms. The standard InChI is InChI=1S/C16H11FIN3O2.C10H7ClN2O2.C6H5FIN/c1-9-2-4-12-11(15(9)21(22)23)6-7-19-16(12)20-14-5-3-10(18)8-13(14)17;1-6-2-3-8-7(9(6)13(14)15)4-5-12-10(8)11;7-5-3-4(8)1-2-6(5)9/h2-8H,1H3,(H,19,20);2-5H,1H3;1-3H,9H2. The van der Waals surface area contributed by atoms with E-state index in [0.29, 0.717) is 38.5 Å². The van der Waals surface area contributed by atoms with E-state index in [1.54, 1.807) is 74.5 Å². The van der Waals surface area contributed by atoms with Gasteiger partial charge in [-0.25, -0.2) is 18.7 Å². The highest BCUT2D eigenvalue weighted by Gasteiger charge is 2.19. The zero-order valence-electron chi connectivity index (χ0n) is 24.5. The van der Waals surface area contributed by atoms with Crippen molar-refractivity contribution in [3.05, 3.63) is 140 Å². The molecule has 0 unspecified atom stereocenters. The summed E-state index contributed by atoms with van der Waals surface area (Å²) in [5.41, 5.74) is 7.01. The van der Waals surface area contributed by atoms with E-state index >= 15 is 0 Å². The number of nitro benzene ring substituents is 2. The highest BCUT2D eigenvalue weighted by molar-refractivity contribution is 14.1. The van der Waals surface area contributed by atoms with Crippen molar-refractivity contribution in [3.63, 3.8) is 0 Å². The smallest absolute Gasteiger partial charge is 0.280 e. The van der Waals surface area contributed by atoms with E-state index in [9.17, 15) is 29.0 Å². The summed E-state index contributed by atoms with van der Waals surface area (Å²) < 4.78 is 28.1. The number of nitrogens with one attached hydrogen (secondary N) is 1. The van der Waals surface area contributed by atoms with Crippen LogP contribution in [-0.4, -0.2) is 19.8 Å². The van der Waals surface area contributed by atoms with Gasteiger partial charge >= 0.3 is 0 Å². The van der Waals surface area contributed by atoms with Crippen molar-refractivity contribution in [1.29, 1.82) is 0 Å². The van der Waals surface area contributed by atoms with Crippen LogP contribution < -0.4 is 11.1 Å². The number of hydrogen-bond acceptors (Lipinski definition) is 8. The van der Waals surface area contributed by atoms with Gasteiger partial charge in [-0.05, 0) is 114 Å². The van der Waals surface area contributed by atoms with Crippen LogP contribution in [0.5, 0.6) is 0 Å². The number of nitrogen functional groups attached to an aromatic ring is 1. The fourth-order valence-corrected chi connectivity index (χ4v) is 5.59. The number of halogens is 5. The van der Waals surface area contributed by atoms with E-state index in [0.717, 1.165) is 7.14 Å². The predicted octanol–water partition coefficient (Wildman–Crippen LogP) is 10.1. The Bertz CT molecular complexity index is 2160. The first-order valence-corrected chi connectivity index (χ1v) is 16.0. The summed E-state index contributed by atoms with van der Waals surface area (Å²) in [6, 6.07) is 19.5. The third-order valence-corrected chi connectivity index (χ3v) is 8.34. The molecular formula is C32H23ClF2I2N6O4. The molecule has 0 atom stereocenters. The molecule has 6 rings (SSSR count). The number of nitrogens with zero attached hydrogens (tertiary/aromatic N) is 4. The molecule has 2 aromatic heterocycles. The molecule has 47 heavy (non-hydrogen) atoms. The molecule has 0 saturated heterocycles. The van der Waals surface area contributed by atoms with Gasteiger partial charge in [-0.1, -0.05) is 29.8 Å². The van der Waals surface area contributed by atoms with Crippen LogP contribution >= 0.6 is 56.8 Å². The van der Waals surface area contributed by atoms with E-state index in [4.69, 9.17) is 17.3 Å². The first-order valence-electron chi connectivity index (χ1n) is 13.4. The Hall–Kier alpha value is -4.29. The Kier molecular flexibility index (Phi) is 11.8. The lowest BCUT2D eigenvalue weighted by Crippen LogP contribution is -1.99. The fraction of sp³-hybridized carbons (Fsp3) is 0.0625. The van der Waals surface area contributed by atoms with Crippen molar-refractivity contribution >= 4 is 107 Å².